The highest BCUT2D eigenvalue weighted by atomic mass is 35.5. The van der Waals surface area contributed by atoms with Crippen LogP contribution in [0.25, 0.3) is 0 Å². The molecular weight excluding hydrogens is 194 g/mol. The van der Waals surface area contributed by atoms with E-state index < -0.39 is 0 Å². The molecule has 0 aromatic heterocycles. The standard InChI is InChI=1S/C12H18ClN/c1-3-5-10-6-7-12(13)11(8-10)9-14-4-2/h6-8,14H,3-5,9H2,1-2H3. The van der Waals surface area contributed by atoms with Gasteiger partial charge in [-0.25, -0.2) is 0 Å². The smallest absolute Gasteiger partial charge is 0.0451 e. The fraction of sp³-hybridized carbons (Fsp3) is 0.500. The molecule has 78 valence electrons. The molecule has 0 saturated heterocycles. The summed E-state index contributed by atoms with van der Waals surface area (Å²) in [6, 6.07) is 6.31. The topological polar surface area (TPSA) is 12.0 Å². The average Bonchev–Trinajstić information content (AvgIpc) is 2.19. The second-order valence-electron chi connectivity index (χ2n) is 3.46. The molecular formula is C12H18ClN. The Hall–Kier alpha value is -0.530. The van der Waals surface area contributed by atoms with Gasteiger partial charge in [-0.05, 0) is 30.2 Å². The van der Waals surface area contributed by atoms with Gasteiger partial charge in [0.05, 0.1) is 0 Å². The zero-order valence-corrected chi connectivity index (χ0v) is 9.69. The normalized spacial score (nSPS) is 10.5. The van der Waals surface area contributed by atoms with Gasteiger partial charge < -0.3 is 5.32 Å². The average molecular weight is 212 g/mol. The fourth-order valence-electron chi connectivity index (χ4n) is 1.47. The molecule has 0 aliphatic heterocycles. The van der Waals surface area contributed by atoms with Gasteiger partial charge in [-0.15, -0.1) is 0 Å². The lowest BCUT2D eigenvalue weighted by atomic mass is 10.1. The zero-order valence-electron chi connectivity index (χ0n) is 8.94. The summed E-state index contributed by atoms with van der Waals surface area (Å²) in [6.45, 7) is 6.14. The number of nitrogens with one attached hydrogen (secondary N) is 1. The first kappa shape index (κ1) is 11.5. The summed E-state index contributed by atoms with van der Waals surface area (Å²) in [6.07, 6.45) is 2.32. The zero-order chi connectivity index (χ0) is 10.4. The molecule has 0 fully saturated rings. The van der Waals surface area contributed by atoms with Gasteiger partial charge in [-0.3, -0.25) is 0 Å². The highest BCUT2D eigenvalue weighted by Crippen LogP contribution is 2.18. The number of hydrogen-bond acceptors (Lipinski definition) is 1. The van der Waals surface area contributed by atoms with Crippen molar-refractivity contribution in [1.82, 2.24) is 5.32 Å². The highest BCUT2D eigenvalue weighted by molar-refractivity contribution is 6.31. The highest BCUT2D eigenvalue weighted by Gasteiger charge is 2.00. The lowest BCUT2D eigenvalue weighted by Gasteiger charge is -2.07. The van der Waals surface area contributed by atoms with Gasteiger partial charge in [-0.1, -0.05) is 44.0 Å². The largest absolute Gasteiger partial charge is 0.313 e. The third kappa shape index (κ3) is 3.32. The van der Waals surface area contributed by atoms with E-state index in [1.807, 2.05) is 6.07 Å². The molecule has 0 unspecified atom stereocenters. The molecule has 0 heterocycles. The van der Waals surface area contributed by atoms with Crippen molar-refractivity contribution in [2.24, 2.45) is 0 Å². The summed E-state index contributed by atoms with van der Waals surface area (Å²) in [4.78, 5) is 0. The van der Waals surface area contributed by atoms with Gasteiger partial charge in [0.2, 0.25) is 0 Å². The lowest BCUT2D eigenvalue weighted by molar-refractivity contribution is 0.725. The van der Waals surface area contributed by atoms with Crippen LogP contribution in [0.2, 0.25) is 5.02 Å². The van der Waals surface area contributed by atoms with E-state index in [0.717, 1.165) is 24.5 Å². The summed E-state index contributed by atoms with van der Waals surface area (Å²) in [5.74, 6) is 0. The monoisotopic (exact) mass is 211 g/mol. The Labute approximate surface area is 91.5 Å². The minimum Gasteiger partial charge on any atom is -0.313 e. The summed E-state index contributed by atoms with van der Waals surface area (Å²) >= 11 is 6.09. The first-order chi connectivity index (χ1) is 6.77. The van der Waals surface area contributed by atoms with Crippen LogP contribution < -0.4 is 5.32 Å². The van der Waals surface area contributed by atoms with E-state index in [2.05, 4.69) is 31.3 Å². The van der Waals surface area contributed by atoms with Crippen molar-refractivity contribution >= 4 is 11.6 Å². The van der Waals surface area contributed by atoms with Gasteiger partial charge in [0.15, 0.2) is 0 Å². The maximum absolute atomic E-state index is 6.09. The van der Waals surface area contributed by atoms with Crippen LogP contribution >= 0.6 is 11.6 Å². The Morgan fingerprint density at radius 2 is 2.07 bits per heavy atom. The number of rotatable bonds is 5. The first-order valence-corrected chi connectivity index (χ1v) is 5.63. The van der Waals surface area contributed by atoms with Crippen LogP contribution in [0.3, 0.4) is 0 Å². The number of hydrogen-bond donors (Lipinski definition) is 1. The SMILES string of the molecule is CCCc1ccc(Cl)c(CNCC)c1. The minimum atomic E-state index is 0.866. The third-order valence-corrected chi connectivity index (χ3v) is 2.58. The minimum absolute atomic E-state index is 0.866. The number of halogens is 1. The van der Waals surface area contributed by atoms with Crippen molar-refractivity contribution < 1.29 is 0 Å². The van der Waals surface area contributed by atoms with E-state index in [1.165, 1.54) is 17.5 Å². The van der Waals surface area contributed by atoms with E-state index in [9.17, 15) is 0 Å². The third-order valence-electron chi connectivity index (χ3n) is 2.21. The second-order valence-corrected chi connectivity index (χ2v) is 3.86. The molecule has 0 saturated carbocycles. The van der Waals surface area contributed by atoms with E-state index in [0.29, 0.717) is 0 Å². The molecule has 1 N–H and O–H groups in total. The maximum Gasteiger partial charge on any atom is 0.0451 e. The molecule has 14 heavy (non-hydrogen) atoms. The number of aryl methyl sites for hydroxylation is 1. The molecule has 0 aliphatic rings. The Bertz CT molecular complexity index is 284. The van der Waals surface area contributed by atoms with Crippen LogP contribution in [-0.4, -0.2) is 6.54 Å². The molecule has 1 rings (SSSR count). The van der Waals surface area contributed by atoms with Crippen LogP contribution in [-0.2, 0) is 13.0 Å². The molecule has 0 amide bonds. The van der Waals surface area contributed by atoms with Crippen LogP contribution in [0.1, 0.15) is 31.4 Å². The van der Waals surface area contributed by atoms with Gasteiger partial charge in [0.1, 0.15) is 0 Å². The molecule has 1 nitrogen and oxygen atoms in total. The van der Waals surface area contributed by atoms with E-state index in [-0.39, 0.29) is 0 Å². The predicted molar refractivity (Wildman–Crippen MR) is 62.8 cm³/mol. The summed E-state index contributed by atoms with van der Waals surface area (Å²) in [7, 11) is 0. The van der Waals surface area contributed by atoms with Gasteiger partial charge in [0.25, 0.3) is 0 Å². The number of benzene rings is 1. The summed E-state index contributed by atoms with van der Waals surface area (Å²) in [5, 5.41) is 4.16. The maximum atomic E-state index is 6.09. The predicted octanol–water partition coefficient (Wildman–Crippen LogP) is 3.40. The molecule has 0 atom stereocenters. The van der Waals surface area contributed by atoms with Gasteiger partial charge >= 0.3 is 0 Å². The van der Waals surface area contributed by atoms with Crippen molar-refractivity contribution in [2.45, 2.75) is 33.2 Å². The summed E-state index contributed by atoms with van der Waals surface area (Å²) < 4.78 is 0. The fourth-order valence-corrected chi connectivity index (χ4v) is 1.65. The quantitative estimate of drug-likeness (QED) is 0.787. The molecule has 2 heteroatoms. The van der Waals surface area contributed by atoms with Crippen molar-refractivity contribution in [3.8, 4) is 0 Å². The van der Waals surface area contributed by atoms with Crippen molar-refractivity contribution in [3.63, 3.8) is 0 Å². The molecule has 0 bridgehead atoms. The molecule has 0 aliphatic carbocycles. The van der Waals surface area contributed by atoms with E-state index in [1.54, 1.807) is 0 Å². The molecule has 1 aromatic carbocycles. The first-order valence-electron chi connectivity index (χ1n) is 5.26. The van der Waals surface area contributed by atoms with Crippen LogP contribution in [0.15, 0.2) is 18.2 Å². The second kappa shape index (κ2) is 6.05. The summed E-state index contributed by atoms with van der Waals surface area (Å²) in [5.41, 5.74) is 2.59. The van der Waals surface area contributed by atoms with Crippen LogP contribution in [0.5, 0.6) is 0 Å². The van der Waals surface area contributed by atoms with Crippen LogP contribution in [0.4, 0.5) is 0 Å². The van der Waals surface area contributed by atoms with Gasteiger partial charge in [-0.2, -0.15) is 0 Å². The van der Waals surface area contributed by atoms with E-state index in [4.69, 9.17) is 11.6 Å². The molecule has 0 spiro atoms. The van der Waals surface area contributed by atoms with Crippen molar-refractivity contribution in [1.29, 1.82) is 0 Å². The van der Waals surface area contributed by atoms with Gasteiger partial charge in [0, 0.05) is 11.6 Å². The molecule has 1 aromatic rings. The van der Waals surface area contributed by atoms with Crippen molar-refractivity contribution in [2.75, 3.05) is 6.54 Å². The van der Waals surface area contributed by atoms with Crippen molar-refractivity contribution in [3.05, 3.63) is 34.3 Å². The Kier molecular flexibility index (Phi) is 4.99. The van der Waals surface area contributed by atoms with E-state index >= 15 is 0 Å². The molecule has 0 radical (unpaired) electrons. The Morgan fingerprint density at radius 3 is 2.71 bits per heavy atom. The lowest BCUT2D eigenvalue weighted by Crippen LogP contribution is -2.12. The Balaban J connectivity index is 2.74. The Morgan fingerprint density at radius 1 is 1.29 bits per heavy atom. The van der Waals surface area contributed by atoms with Crippen LogP contribution in [0, 0.1) is 0 Å².